The number of hydrogen-bond acceptors (Lipinski definition) is 4. The van der Waals surface area contributed by atoms with Gasteiger partial charge in [0.05, 0.1) is 18.0 Å². The third kappa shape index (κ3) is 3.26. The molecule has 2 aromatic rings. The highest BCUT2D eigenvalue weighted by Gasteiger charge is 2.26. The van der Waals surface area contributed by atoms with Crippen molar-refractivity contribution in [3.05, 3.63) is 59.4 Å². The van der Waals surface area contributed by atoms with Crippen molar-refractivity contribution < 1.29 is 13.2 Å². The van der Waals surface area contributed by atoms with E-state index in [0.29, 0.717) is 24.2 Å². The molecular formula is C17H19N3O3S. The number of fused-ring (bicyclic) bond motifs is 1. The number of carbonyl (C=O) groups is 1. The van der Waals surface area contributed by atoms with E-state index >= 15 is 0 Å². The van der Waals surface area contributed by atoms with E-state index in [1.807, 2.05) is 19.1 Å². The molecule has 1 N–H and O–H groups in total. The van der Waals surface area contributed by atoms with Gasteiger partial charge in [0.25, 0.3) is 5.91 Å². The standard InChI is InChI=1S/C17H19N3O3S/c1-12(13-5-8-18-9-6-13)19-17(21)15-3-4-16-14(11-15)7-10-20(16)24(2,22)23/h3-6,8-9,11-12H,7,10H2,1-2H3,(H,19,21). The highest BCUT2D eigenvalue weighted by molar-refractivity contribution is 7.92. The first-order chi connectivity index (χ1) is 11.4. The summed E-state index contributed by atoms with van der Waals surface area (Å²) in [5.74, 6) is -0.181. The van der Waals surface area contributed by atoms with Crippen molar-refractivity contribution in [2.24, 2.45) is 0 Å². The number of aromatic nitrogens is 1. The van der Waals surface area contributed by atoms with Crippen LogP contribution in [-0.2, 0) is 16.4 Å². The van der Waals surface area contributed by atoms with Gasteiger partial charge in [0, 0.05) is 24.5 Å². The second-order valence-electron chi connectivity index (χ2n) is 5.90. The fourth-order valence-electron chi connectivity index (χ4n) is 2.87. The highest BCUT2D eigenvalue weighted by atomic mass is 32.2. The topological polar surface area (TPSA) is 79.4 Å². The zero-order valence-corrected chi connectivity index (χ0v) is 14.4. The van der Waals surface area contributed by atoms with Crippen molar-refractivity contribution >= 4 is 21.6 Å². The Morgan fingerprint density at radius 1 is 1.25 bits per heavy atom. The van der Waals surface area contributed by atoms with E-state index in [4.69, 9.17) is 0 Å². The van der Waals surface area contributed by atoms with E-state index in [2.05, 4.69) is 10.3 Å². The Morgan fingerprint density at radius 2 is 1.96 bits per heavy atom. The first-order valence-electron chi connectivity index (χ1n) is 7.67. The maximum Gasteiger partial charge on any atom is 0.251 e. The summed E-state index contributed by atoms with van der Waals surface area (Å²) < 4.78 is 24.9. The van der Waals surface area contributed by atoms with Crippen LogP contribution in [0.3, 0.4) is 0 Å². The third-order valence-corrected chi connectivity index (χ3v) is 5.33. The summed E-state index contributed by atoms with van der Waals surface area (Å²) in [6.45, 7) is 2.33. The monoisotopic (exact) mass is 345 g/mol. The lowest BCUT2D eigenvalue weighted by atomic mass is 10.1. The van der Waals surface area contributed by atoms with Gasteiger partial charge in [0.1, 0.15) is 0 Å². The summed E-state index contributed by atoms with van der Waals surface area (Å²) in [5, 5.41) is 2.95. The van der Waals surface area contributed by atoms with Crippen LogP contribution in [0.1, 0.15) is 34.5 Å². The first kappa shape index (κ1) is 16.4. The zero-order valence-electron chi connectivity index (χ0n) is 13.6. The molecule has 126 valence electrons. The fourth-order valence-corrected chi connectivity index (χ4v) is 3.83. The lowest BCUT2D eigenvalue weighted by Crippen LogP contribution is -2.28. The van der Waals surface area contributed by atoms with E-state index in [1.165, 1.54) is 10.6 Å². The predicted octanol–water partition coefficient (Wildman–Crippen LogP) is 1.89. The molecule has 1 aromatic carbocycles. The number of anilines is 1. The highest BCUT2D eigenvalue weighted by Crippen LogP contribution is 2.30. The van der Waals surface area contributed by atoms with Gasteiger partial charge in [-0.2, -0.15) is 0 Å². The molecule has 1 aliphatic rings. The van der Waals surface area contributed by atoms with Gasteiger partial charge in [0.2, 0.25) is 10.0 Å². The van der Waals surface area contributed by atoms with Crippen molar-refractivity contribution in [3.63, 3.8) is 0 Å². The van der Waals surface area contributed by atoms with E-state index in [-0.39, 0.29) is 11.9 Å². The van der Waals surface area contributed by atoms with Gasteiger partial charge in [-0.05, 0) is 54.8 Å². The van der Waals surface area contributed by atoms with Gasteiger partial charge in [-0.25, -0.2) is 8.42 Å². The molecule has 0 saturated heterocycles. The van der Waals surface area contributed by atoms with Crippen LogP contribution in [0, 0.1) is 0 Å². The Kier molecular flexibility index (Phi) is 4.28. The summed E-state index contributed by atoms with van der Waals surface area (Å²) >= 11 is 0. The largest absolute Gasteiger partial charge is 0.346 e. The molecule has 7 heteroatoms. The van der Waals surface area contributed by atoms with Crippen LogP contribution in [0.4, 0.5) is 5.69 Å². The van der Waals surface area contributed by atoms with Crippen molar-refractivity contribution in [1.29, 1.82) is 0 Å². The number of carbonyl (C=O) groups excluding carboxylic acids is 1. The van der Waals surface area contributed by atoms with Gasteiger partial charge in [-0.1, -0.05) is 0 Å². The average molecular weight is 345 g/mol. The van der Waals surface area contributed by atoms with Gasteiger partial charge < -0.3 is 5.32 Å². The molecule has 0 bridgehead atoms. The van der Waals surface area contributed by atoms with Gasteiger partial charge in [-0.15, -0.1) is 0 Å². The van der Waals surface area contributed by atoms with Crippen molar-refractivity contribution in [2.45, 2.75) is 19.4 Å². The van der Waals surface area contributed by atoms with Crippen LogP contribution in [0.2, 0.25) is 0 Å². The predicted molar refractivity (Wildman–Crippen MR) is 92.5 cm³/mol. The summed E-state index contributed by atoms with van der Waals surface area (Å²) in [6.07, 6.45) is 5.18. The molecule has 0 aliphatic carbocycles. The Labute approximate surface area is 141 Å². The molecule has 0 radical (unpaired) electrons. The lowest BCUT2D eigenvalue weighted by Gasteiger charge is -2.17. The molecule has 1 unspecified atom stereocenters. The van der Waals surface area contributed by atoms with Gasteiger partial charge >= 0.3 is 0 Å². The maximum absolute atomic E-state index is 12.4. The van der Waals surface area contributed by atoms with Crippen molar-refractivity contribution in [2.75, 3.05) is 17.1 Å². The smallest absolute Gasteiger partial charge is 0.251 e. The van der Waals surface area contributed by atoms with Gasteiger partial charge in [0.15, 0.2) is 0 Å². The van der Waals surface area contributed by atoms with Crippen LogP contribution < -0.4 is 9.62 Å². The number of nitrogens with one attached hydrogen (secondary N) is 1. The molecule has 1 aliphatic heterocycles. The van der Waals surface area contributed by atoms with Crippen LogP contribution in [-0.4, -0.2) is 32.1 Å². The minimum Gasteiger partial charge on any atom is -0.346 e. The normalized spacial score (nSPS) is 15.0. The number of sulfonamides is 1. The SMILES string of the molecule is CC(NC(=O)c1ccc2c(c1)CCN2S(C)(=O)=O)c1ccncc1. The van der Waals surface area contributed by atoms with Crippen molar-refractivity contribution in [1.82, 2.24) is 10.3 Å². The third-order valence-electron chi connectivity index (χ3n) is 4.15. The lowest BCUT2D eigenvalue weighted by molar-refractivity contribution is 0.0940. The number of benzene rings is 1. The fraction of sp³-hybridized carbons (Fsp3) is 0.294. The van der Waals surface area contributed by atoms with Crippen LogP contribution >= 0.6 is 0 Å². The van der Waals surface area contributed by atoms with Crippen LogP contribution in [0.25, 0.3) is 0 Å². The molecule has 1 amide bonds. The molecule has 6 nitrogen and oxygen atoms in total. The number of nitrogens with zero attached hydrogens (tertiary/aromatic N) is 2. The summed E-state index contributed by atoms with van der Waals surface area (Å²) in [7, 11) is -3.28. The molecular weight excluding hydrogens is 326 g/mol. The van der Waals surface area contributed by atoms with E-state index in [9.17, 15) is 13.2 Å². The molecule has 0 fully saturated rings. The first-order valence-corrected chi connectivity index (χ1v) is 9.52. The molecule has 1 atom stereocenters. The number of rotatable bonds is 4. The number of hydrogen-bond donors (Lipinski definition) is 1. The molecule has 0 saturated carbocycles. The summed E-state index contributed by atoms with van der Waals surface area (Å²) in [4.78, 5) is 16.4. The second-order valence-corrected chi connectivity index (χ2v) is 7.81. The van der Waals surface area contributed by atoms with E-state index in [1.54, 1.807) is 30.6 Å². The Bertz CT molecular complexity index is 866. The second kappa shape index (κ2) is 6.24. The van der Waals surface area contributed by atoms with Crippen molar-refractivity contribution in [3.8, 4) is 0 Å². The van der Waals surface area contributed by atoms with Crippen LogP contribution in [0.15, 0.2) is 42.7 Å². The van der Waals surface area contributed by atoms with Crippen LogP contribution in [0.5, 0.6) is 0 Å². The Balaban J connectivity index is 1.78. The molecule has 3 rings (SSSR count). The minimum absolute atomic E-state index is 0.138. The molecule has 24 heavy (non-hydrogen) atoms. The molecule has 2 heterocycles. The number of pyridine rings is 1. The maximum atomic E-state index is 12.4. The van der Waals surface area contributed by atoms with E-state index < -0.39 is 10.0 Å². The minimum atomic E-state index is -3.28. The molecule has 1 aromatic heterocycles. The Morgan fingerprint density at radius 3 is 2.62 bits per heavy atom. The summed E-state index contributed by atoms with van der Waals surface area (Å²) in [6, 6.07) is 8.72. The summed E-state index contributed by atoms with van der Waals surface area (Å²) in [5.41, 5.74) is 3.05. The van der Waals surface area contributed by atoms with E-state index in [0.717, 1.165) is 11.1 Å². The zero-order chi connectivity index (χ0) is 17.3. The Hall–Kier alpha value is -2.41. The number of amides is 1. The average Bonchev–Trinajstić information content (AvgIpc) is 2.98. The van der Waals surface area contributed by atoms with Gasteiger partial charge in [-0.3, -0.25) is 14.1 Å². The quantitative estimate of drug-likeness (QED) is 0.918. The molecule has 0 spiro atoms.